The Morgan fingerprint density at radius 3 is 2.41 bits per heavy atom. The standard InChI is InChI=1S/C22H19N3O4/c1-29-14-8-6-13(7-9-14)25-21(27)16-17(22(25)28)19(20(23)26)24-11-10-12-4-2-3-5-15(12)18(16)24/h2-11,16-19H,1H3,(H2,23,26)/p+1/t16-,17-,18+,19+/m1/s1. The largest absolute Gasteiger partial charge is 0.497 e. The normalized spacial score (nSPS) is 29.4. The molecule has 5 atom stereocenters. The summed E-state index contributed by atoms with van der Waals surface area (Å²) >= 11 is 0. The van der Waals surface area contributed by atoms with Gasteiger partial charge in [-0.3, -0.25) is 19.3 Å². The summed E-state index contributed by atoms with van der Waals surface area (Å²) in [5.41, 5.74) is 8.14. The number of ether oxygens (including phenoxy) is 1. The number of rotatable bonds is 3. The molecular weight excluding hydrogens is 370 g/mol. The van der Waals surface area contributed by atoms with Crippen LogP contribution >= 0.6 is 0 Å². The number of hydrogen-bond acceptors (Lipinski definition) is 4. The molecule has 2 saturated heterocycles. The summed E-state index contributed by atoms with van der Waals surface area (Å²) in [6, 6.07) is 13.4. The zero-order chi connectivity index (χ0) is 20.3. The molecule has 0 bridgehead atoms. The number of nitrogens with one attached hydrogen (secondary N) is 1. The lowest BCUT2D eigenvalue weighted by molar-refractivity contribution is -0.884. The van der Waals surface area contributed by atoms with Crippen molar-refractivity contribution in [2.45, 2.75) is 12.1 Å². The maximum Gasteiger partial charge on any atom is 0.277 e. The van der Waals surface area contributed by atoms with E-state index in [1.807, 2.05) is 36.5 Å². The monoisotopic (exact) mass is 390 g/mol. The lowest BCUT2D eigenvalue weighted by Crippen LogP contribution is -3.12. The molecule has 3 heterocycles. The van der Waals surface area contributed by atoms with Gasteiger partial charge in [0.25, 0.3) is 5.91 Å². The maximum atomic E-state index is 13.5. The fraction of sp³-hybridized carbons (Fsp3) is 0.227. The summed E-state index contributed by atoms with van der Waals surface area (Å²) in [6.45, 7) is 0. The summed E-state index contributed by atoms with van der Waals surface area (Å²) < 4.78 is 5.16. The molecule has 146 valence electrons. The van der Waals surface area contributed by atoms with Crippen molar-refractivity contribution in [2.75, 3.05) is 12.0 Å². The second kappa shape index (κ2) is 6.28. The van der Waals surface area contributed by atoms with Gasteiger partial charge < -0.3 is 10.5 Å². The van der Waals surface area contributed by atoms with Gasteiger partial charge in [0, 0.05) is 5.56 Å². The molecule has 2 fully saturated rings. The topological polar surface area (TPSA) is 94.1 Å². The van der Waals surface area contributed by atoms with Crippen molar-refractivity contribution < 1.29 is 24.0 Å². The molecule has 7 heteroatoms. The molecule has 2 aromatic carbocycles. The molecule has 3 amide bonds. The first-order valence-corrected chi connectivity index (χ1v) is 9.48. The van der Waals surface area contributed by atoms with Crippen LogP contribution in [0.5, 0.6) is 5.75 Å². The minimum atomic E-state index is -0.783. The minimum Gasteiger partial charge on any atom is -0.497 e. The number of amides is 3. The summed E-state index contributed by atoms with van der Waals surface area (Å²) in [6.07, 6.45) is 3.79. The first-order chi connectivity index (χ1) is 14.0. The molecule has 29 heavy (non-hydrogen) atoms. The number of carbonyl (C=O) groups is 3. The van der Waals surface area contributed by atoms with Gasteiger partial charge in [-0.05, 0) is 35.9 Å². The number of nitrogens with zero attached hydrogens (tertiary/aromatic N) is 1. The highest BCUT2D eigenvalue weighted by atomic mass is 16.5. The summed E-state index contributed by atoms with van der Waals surface area (Å²) in [5.74, 6) is -2.02. The molecular formula is C22H20N3O4+. The molecule has 3 N–H and O–H groups in total. The zero-order valence-electron chi connectivity index (χ0n) is 15.7. The van der Waals surface area contributed by atoms with Crippen molar-refractivity contribution in [3.63, 3.8) is 0 Å². The summed E-state index contributed by atoms with van der Waals surface area (Å²) in [7, 11) is 1.55. The van der Waals surface area contributed by atoms with Crippen LogP contribution in [0.15, 0.2) is 54.7 Å². The van der Waals surface area contributed by atoms with E-state index in [1.165, 1.54) is 4.90 Å². The Labute approximate surface area is 167 Å². The summed E-state index contributed by atoms with van der Waals surface area (Å²) in [5, 5.41) is 0. The Kier molecular flexibility index (Phi) is 3.82. The van der Waals surface area contributed by atoms with E-state index < -0.39 is 23.8 Å². The van der Waals surface area contributed by atoms with Crippen molar-refractivity contribution in [3.05, 3.63) is 65.9 Å². The van der Waals surface area contributed by atoms with E-state index in [0.717, 1.165) is 16.0 Å². The van der Waals surface area contributed by atoms with Crippen LogP contribution in [0.25, 0.3) is 6.08 Å². The van der Waals surface area contributed by atoms with E-state index in [1.54, 1.807) is 31.4 Å². The molecule has 1 unspecified atom stereocenters. The molecule has 0 aromatic heterocycles. The average molecular weight is 390 g/mol. The highest BCUT2D eigenvalue weighted by molar-refractivity contribution is 6.23. The van der Waals surface area contributed by atoms with Crippen molar-refractivity contribution in [1.29, 1.82) is 0 Å². The predicted molar refractivity (Wildman–Crippen MR) is 105 cm³/mol. The third-order valence-electron chi connectivity index (χ3n) is 6.26. The van der Waals surface area contributed by atoms with Crippen LogP contribution in [-0.4, -0.2) is 30.9 Å². The molecule has 0 aliphatic carbocycles. The molecule has 0 spiro atoms. The Hall–Kier alpha value is -3.45. The van der Waals surface area contributed by atoms with Crippen molar-refractivity contribution in [2.24, 2.45) is 17.6 Å². The van der Waals surface area contributed by atoms with Gasteiger partial charge in [0.1, 0.15) is 23.6 Å². The highest BCUT2D eigenvalue weighted by Gasteiger charge is 2.67. The van der Waals surface area contributed by atoms with Gasteiger partial charge in [-0.1, -0.05) is 24.3 Å². The van der Waals surface area contributed by atoms with Crippen LogP contribution in [0.1, 0.15) is 17.2 Å². The van der Waals surface area contributed by atoms with E-state index in [-0.39, 0.29) is 17.9 Å². The number of hydrogen-bond donors (Lipinski definition) is 2. The van der Waals surface area contributed by atoms with Gasteiger partial charge in [0.15, 0.2) is 6.04 Å². The van der Waals surface area contributed by atoms with Crippen molar-refractivity contribution in [3.8, 4) is 5.75 Å². The van der Waals surface area contributed by atoms with Crippen molar-refractivity contribution >= 4 is 29.5 Å². The fourth-order valence-corrected chi connectivity index (χ4v) is 5.06. The van der Waals surface area contributed by atoms with E-state index in [0.29, 0.717) is 11.4 Å². The number of benzene rings is 2. The Bertz CT molecular complexity index is 1060. The molecule has 3 aliphatic heterocycles. The van der Waals surface area contributed by atoms with Gasteiger partial charge in [0.2, 0.25) is 11.8 Å². The molecule has 7 nitrogen and oxygen atoms in total. The first kappa shape index (κ1) is 17.6. The van der Waals surface area contributed by atoms with Gasteiger partial charge in [-0.25, -0.2) is 4.90 Å². The lowest BCUT2D eigenvalue weighted by Gasteiger charge is -2.30. The van der Waals surface area contributed by atoms with E-state index in [2.05, 4.69) is 0 Å². The smallest absolute Gasteiger partial charge is 0.277 e. The number of carbonyl (C=O) groups excluding carboxylic acids is 3. The molecule has 3 aliphatic rings. The molecule has 2 aromatic rings. The van der Waals surface area contributed by atoms with E-state index >= 15 is 0 Å². The van der Waals surface area contributed by atoms with Gasteiger partial charge in [-0.15, -0.1) is 0 Å². The van der Waals surface area contributed by atoms with Crippen LogP contribution in [-0.2, 0) is 14.4 Å². The second-order valence-electron chi connectivity index (χ2n) is 7.58. The van der Waals surface area contributed by atoms with Crippen LogP contribution in [0.4, 0.5) is 5.69 Å². The summed E-state index contributed by atoms with van der Waals surface area (Å²) in [4.78, 5) is 41.1. The Morgan fingerprint density at radius 2 is 1.72 bits per heavy atom. The van der Waals surface area contributed by atoms with Gasteiger partial charge >= 0.3 is 0 Å². The number of primary amides is 1. The second-order valence-corrected chi connectivity index (χ2v) is 7.58. The highest BCUT2D eigenvalue weighted by Crippen LogP contribution is 2.44. The maximum absolute atomic E-state index is 13.5. The first-order valence-electron chi connectivity index (χ1n) is 9.48. The third kappa shape index (κ3) is 2.37. The number of nitrogens with two attached hydrogens (primary N) is 1. The SMILES string of the molecule is COc1ccc(N2C(=O)[C@@H]3[C@@H](C2=O)[C@@H]2c4ccccc4C=C[NH+]2[C@@H]3C(N)=O)cc1. The predicted octanol–water partition coefficient (Wildman–Crippen LogP) is 0.279. The van der Waals surface area contributed by atoms with Crippen LogP contribution in [0.3, 0.4) is 0 Å². The zero-order valence-corrected chi connectivity index (χ0v) is 15.7. The number of fused-ring (bicyclic) bond motifs is 5. The Balaban J connectivity index is 1.62. The molecule has 5 rings (SSSR count). The van der Waals surface area contributed by atoms with Crippen molar-refractivity contribution in [1.82, 2.24) is 0 Å². The van der Waals surface area contributed by atoms with Crippen LogP contribution in [0, 0.1) is 11.8 Å². The number of imide groups is 1. The number of quaternary nitrogens is 1. The minimum absolute atomic E-state index is 0.290. The average Bonchev–Trinajstić information content (AvgIpc) is 3.21. The van der Waals surface area contributed by atoms with E-state index in [4.69, 9.17) is 10.5 Å². The quantitative estimate of drug-likeness (QED) is 0.736. The Morgan fingerprint density at radius 1 is 1.03 bits per heavy atom. The third-order valence-corrected chi connectivity index (χ3v) is 6.26. The number of anilines is 1. The lowest BCUT2D eigenvalue weighted by atomic mass is 9.84. The number of methoxy groups -OCH3 is 1. The molecule has 0 saturated carbocycles. The molecule has 0 radical (unpaired) electrons. The van der Waals surface area contributed by atoms with E-state index in [9.17, 15) is 14.4 Å². The van der Waals surface area contributed by atoms with Gasteiger partial charge in [-0.2, -0.15) is 0 Å². The van der Waals surface area contributed by atoms with Crippen LogP contribution < -0.4 is 20.3 Å². The fourth-order valence-electron chi connectivity index (χ4n) is 5.06. The van der Waals surface area contributed by atoms with Crippen LogP contribution in [0.2, 0.25) is 0 Å². The van der Waals surface area contributed by atoms with Gasteiger partial charge in [0.05, 0.1) is 19.0 Å².